The highest BCUT2D eigenvalue weighted by molar-refractivity contribution is 7.09. The zero-order valence-corrected chi connectivity index (χ0v) is 10.5. The summed E-state index contributed by atoms with van der Waals surface area (Å²) >= 11 is 0.742. The van der Waals surface area contributed by atoms with Crippen molar-refractivity contribution in [2.75, 3.05) is 38.2 Å². The molecule has 2 rings (SSSR count). The van der Waals surface area contributed by atoms with E-state index in [0.717, 1.165) is 18.1 Å². The highest BCUT2D eigenvalue weighted by Crippen LogP contribution is 2.29. The van der Waals surface area contributed by atoms with E-state index in [-0.39, 0.29) is 11.2 Å². The second-order valence-corrected chi connectivity index (χ2v) is 4.71. The van der Waals surface area contributed by atoms with E-state index in [9.17, 15) is 13.2 Å². The summed E-state index contributed by atoms with van der Waals surface area (Å²) in [5.41, 5.74) is 0. The fraction of sp³-hybridized carbons (Fsp3) is 0.778. The van der Waals surface area contributed by atoms with Crippen LogP contribution in [-0.2, 0) is 10.9 Å². The average Bonchev–Trinajstić information content (AvgIpc) is 2.79. The standard InChI is InChI=1S/C9H13F3N4OS/c1-16(5-6-4-13-2-3-17-6)8-14-7(15-18-8)9(10,11)12/h6,13H,2-5H2,1H3. The van der Waals surface area contributed by atoms with E-state index in [0.29, 0.717) is 19.7 Å². The van der Waals surface area contributed by atoms with Crippen LogP contribution < -0.4 is 10.2 Å². The first kappa shape index (κ1) is 13.5. The highest BCUT2D eigenvalue weighted by atomic mass is 32.1. The third kappa shape index (κ3) is 3.30. The molecule has 9 heteroatoms. The van der Waals surface area contributed by atoms with Gasteiger partial charge in [-0.15, -0.1) is 0 Å². The van der Waals surface area contributed by atoms with E-state index in [1.165, 1.54) is 0 Å². The third-order valence-electron chi connectivity index (χ3n) is 2.48. The number of morpholine rings is 1. The summed E-state index contributed by atoms with van der Waals surface area (Å²) in [6.07, 6.45) is -4.53. The molecule has 1 saturated heterocycles. The molecule has 1 unspecified atom stereocenters. The van der Waals surface area contributed by atoms with Crippen molar-refractivity contribution >= 4 is 16.7 Å². The average molecular weight is 282 g/mol. The number of anilines is 1. The van der Waals surface area contributed by atoms with Gasteiger partial charge in [-0.25, -0.2) is 0 Å². The largest absolute Gasteiger partial charge is 0.452 e. The van der Waals surface area contributed by atoms with Gasteiger partial charge in [0.05, 0.1) is 12.7 Å². The second kappa shape index (κ2) is 5.37. The Labute approximate surface area is 106 Å². The molecule has 102 valence electrons. The van der Waals surface area contributed by atoms with Gasteiger partial charge in [-0.1, -0.05) is 0 Å². The number of nitrogens with one attached hydrogen (secondary N) is 1. The molecule has 2 heterocycles. The number of likely N-dealkylation sites (N-methyl/N-ethyl adjacent to an activating group) is 1. The van der Waals surface area contributed by atoms with E-state index >= 15 is 0 Å². The summed E-state index contributed by atoms with van der Waals surface area (Å²) in [6, 6.07) is 0. The summed E-state index contributed by atoms with van der Waals surface area (Å²) in [4.78, 5) is 5.11. The molecule has 1 aliphatic heterocycles. The Morgan fingerprint density at radius 2 is 2.33 bits per heavy atom. The number of hydrogen-bond donors (Lipinski definition) is 1. The van der Waals surface area contributed by atoms with Crippen LogP contribution in [0.1, 0.15) is 5.82 Å². The van der Waals surface area contributed by atoms with Gasteiger partial charge in [0.1, 0.15) is 0 Å². The summed E-state index contributed by atoms with van der Waals surface area (Å²) in [5, 5.41) is 3.40. The minimum Gasteiger partial charge on any atom is -0.374 e. The summed E-state index contributed by atoms with van der Waals surface area (Å²) in [6.45, 7) is 2.59. The van der Waals surface area contributed by atoms with Crippen LogP contribution >= 0.6 is 11.5 Å². The first-order valence-electron chi connectivity index (χ1n) is 5.41. The van der Waals surface area contributed by atoms with Crippen LogP contribution in [0.5, 0.6) is 0 Å². The molecular formula is C9H13F3N4OS. The summed E-state index contributed by atoms with van der Waals surface area (Å²) in [7, 11) is 1.68. The minimum absolute atomic E-state index is 0.0398. The van der Waals surface area contributed by atoms with E-state index in [2.05, 4.69) is 14.7 Å². The zero-order chi connectivity index (χ0) is 13.2. The van der Waals surface area contributed by atoms with E-state index < -0.39 is 12.0 Å². The lowest BCUT2D eigenvalue weighted by atomic mass is 10.3. The third-order valence-corrected chi connectivity index (χ3v) is 3.31. The molecular weight excluding hydrogens is 269 g/mol. The van der Waals surface area contributed by atoms with Crippen LogP contribution in [0.3, 0.4) is 0 Å². The summed E-state index contributed by atoms with van der Waals surface area (Å²) < 4.78 is 45.8. The molecule has 1 aromatic rings. The molecule has 0 aromatic carbocycles. The molecule has 0 saturated carbocycles. The van der Waals surface area contributed by atoms with Crippen LogP contribution in [0, 0.1) is 0 Å². The number of ether oxygens (including phenoxy) is 1. The molecule has 1 aliphatic rings. The second-order valence-electron chi connectivity index (χ2n) is 3.98. The van der Waals surface area contributed by atoms with Gasteiger partial charge in [0.2, 0.25) is 11.0 Å². The number of hydrogen-bond acceptors (Lipinski definition) is 6. The number of nitrogens with zero attached hydrogens (tertiary/aromatic N) is 3. The van der Waals surface area contributed by atoms with E-state index in [1.54, 1.807) is 11.9 Å². The molecule has 0 bridgehead atoms. The van der Waals surface area contributed by atoms with Crippen LogP contribution in [-0.4, -0.2) is 48.8 Å². The smallest absolute Gasteiger partial charge is 0.374 e. The van der Waals surface area contributed by atoms with Crippen molar-refractivity contribution in [3.05, 3.63) is 5.82 Å². The van der Waals surface area contributed by atoms with Crippen molar-refractivity contribution in [3.63, 3.8) is 0 Å². The molecule has 0 radical (unpaired) electrons. The maximum atomic E-state index is 12.4. The molecule has 0 aliphatic carbocycles. The lowest BCUT2D eigenvalue weighted by Crippen LogP contribution is -2.44. The number of halogens is 3. The molecule has 0 spiro atoms. The van der Waals surface area contributed by atoms with Crippen molar-refractivity contribution in [1.82, 2.24) is 14.7 Å². The Kier molecular flexibility index (Phi) is 4.03. The van der Waals surface area contributed by atoms with Gasteiger partial charge in [-0.05, 0) is 0 Å². The molecule has 5 nitrogen and oxygen atoms in total. The summed E-state index contributed by atoms with van der Waals surface area (Å²) in [5.74, 6) is -1.09. The lowest BCUT2D eigenvalue weighted by molar-refractivity contribution is -0.144. The first-order valence-corrected chi connectivity index (χ1v) is 6.18. The quantitative estimate of drug-likeness (QED) is 0.895. The van der Waals surface area contributed by atoms with Crippen molar-refractivity contribution < 1.29 is 17.9 Å². The van der Waals surface area contributed by atoms with Crippen molar-refractivity contribution in [3.8, 4) is 0 Å². The maximum absolute atomic E-state index is 12.4. The first-order chi connectivity index (χ1) is 8.47. The number of alkyl halides is 3. The van der Waals surface area contributed by atoms with Gasteiger partial charge in [0, 0.05) is 38.2 Å². The maximum Gasteiger partial charge on any atom is 0.452 e. The van der Waals surface area contributed by atoms with E-state index in [4.69, 9.17) is 4.74 Å². The van der Waals surface area contributed by atoms with Gasteiger partial charge in [0.25, 0.3) is 0 Å². The van der Waals surface area contributed by atoms with Gasteiger partial charge >= 0.3 is 6.18 Å². The Morgan fingerprint density at radius 3 is 2.89 bits per heavy atom. The highest BCUT2D eigenvalue weighted by Gasteiger charge is 2.36. The monoisotopic (exact) mass is 282 g/mol. The predicted octanol–water partition coefficient (Wildman–Crippen LogP) is 0.981. The fourth-order valence-corrected chi connectivity index (χ4v) is 2.26. The molecule has 1 fully saturated rings. The van der Waals surface area contributed by atoms with Crippen molar-refractivity contribution in [2.45, 2.75) is 12.3 Å². The zero-order valence-electron chi connectivity index (χ0n) is 9.70. The number of aromatic nitrogens is 2. The molecule has 1 atom stereocenters. The van der Waals surface area contributed by atoms with Crippen molar-refractivity contribution in [2.24, 2.45) is 0 Å². The topological polar surface area (TPSA) is 50.3 Å². The Bertz CT molecular complexity index is 391. The van der Waals surface area contributed by atoms with Gasteiger partial charge in [-0.3, -0.25) is 0 Å². The molecule has 1 N–H and O–H groups in total. The lowest BCUT2D eigenvalue weighted by Gasteiger charge is -2.27. The Balaban J connectivity index is 1.96. The van der Waals surface area contributed by atoms with Crippen LogP contribution in [0.25, 0.3) is 0 Å². The normalized spacial score (nSPS) is 21.0. The SMILES string of the molecule is CN(CC1CNCCO1)c1nc(C(F)(F)F)ns1. The fourth-order valence-electron chi connectivity index (χ4n) is 1.61. The van der Waals surface area contributed by atoms with Gasteiger partial charge in [-0.2, -0.15) is 22.5 Å². The van der Waals surface area contributed by atoms with Crippen LogP contribution in [0.4, 0.5) is 18.3 Å². The molecule has 1 aromatic heterocycles. The molecule has 0 amide bonds. The Morgan fingerprint density at radius 1 is 1.56 bits per heavy atom. The predicted molar refractivity (Wildman–Crippen MR) is 60.8 cm³/mol. The number of rotatable bonds is 3. The van der Waals surface area contributed by atoms with Crippen molar-refractivity contribution in [1.29, 1.82) is 0 Å². The molecule has 18 heavy (non-hydrogen) atoms. The van der Waals surface area contributed by atoms with Crippen LogP contribution in [0.15, 0.2) is 0 Å². The minimum atomic E-state index is -4.49. The van der Waals surface area contributed by atoms with Crippen LogP contribution in [0.2, 0.25) is 0 Å². The van der Waals surface area contributed by atoms with Gasteiger partial charge in [0.15, 0.2) is 0 Å². The van der Waals surface area contributed by atoms with Gasteiger partial charge < -0.3 is 15.0 Å². The van der Waals surface area contributed by atoms with E-state index in [1.807, 2.05) is 0 Å². The Hall–Kier alpha value is -0.930.